The zero-order chi connectivity index (χ0) is 19.5. The number of rotatable bonds is 8. The lowest BCUT2D eigenvalue weighted by atomic mass is 9.97. The Morgan fingerprint density at radius 3 is 2.59 bits per heavy atom. The lowest BCUT2D eigenvalue weighted by Gasteiger charge is -2.15. The highest BCUT2D eigenvalue weighted by Gasteiger charge is 2.08. The quantitative estimate of drug-likeness (QED) is 0.371. The van der Waals surface area contributed by atoms with Gasteiger partial charge in [0, 0.05) is 31.7 Å². The molecule has 0 spiro atoms. The SMILES string of the molecule is CCC(C)NC(=O)c1ccc(CNC(=NC)NCCC2=CCCCC2)cc1. The first-order chi connectivity index (χ1) is 13.1. The van der Waals surface area contributed by atoms with Gasteiger partial charge in [-0.1, -0.05) is 30.7 Å². The summed E-state index contributed by atoms with van der Waals surface area (Å²) in [6, 6.07) is 7.91. The van der Waals surface area contributed by atoms with Crippen LogP contribution in [0.25, 0.3) is 0 Å². The fourth-order valence-corrected chi connectivity index (χ4v) is 3.06. The van der Waals surface area contributed by atoms with E-state index in [1.165, 1.54) is 25.7 Å². The Hall–Kier alpha value is -2.30. The number of nitrogens with one attached hydrogen (secondary N) is 3. The van der Waals surface area contributed by atoms with E-state index in [4.69, 9.17) is 0 Å². The lowest BCUT2D eigenvalue weighted by Crippen LogP contribution is -2.37. The molecule has 1 atom stereocenters. The van der Waals surface area contributed by atoms with Gasteiger partial charge in [-0.25, -0.2) is 0 Å². The molecule has 3 N–H and O–H groups in total. The lowest BCUT2D eigenvalue weighted by molar-refractivity contribution is 0.0939. The van der Waals surface area contributed by atoms with E-state index in [0.717, 1.165) is 30.9 Å². The summed E-state index contributed by atoms with van der Waals surface area (Å²) in [5.41, 5.74) is 3.38. The van der Waals surface area contributed by atoms with Gasteiger partial charge < -0.3 is 16.0 Å². The van der Waals surface area contributed by atoms with Crippen molar-refractivity contribution in [2.75, 3.05) is 13.6 Å². The van der Waals surface area contributed by atoms with Crippen LogP contribution in [0, 0.1) is 0 Å². The summed E-state index contributed by atoms with van der Waals surface area (Å²) in [5.74, 6) is 0.795. The standard InChI is InChI=1S/C22H34N4O/c1-4-17(2)26-21(27)20-12-10-19(11-13-20)16-25-22(23-3)24-15-14-18-8-6-5-7-9-18/h8,10-13,17H,4-7,9,14-16H2,1-3H3,(H,26,27)(H2,23,24,25). The van der Waals surface area contributed by atoms with E-state index in [2.05, 4.69) is 33.9 Å². The number of carbonyl (C=O) groups excluding carboxylic acids is 1. The van der Waals surface area contributed by atoms with Gasteiger partial charge in [0.25, 0.3) is 5.91 Å². The minimum Gasteiger partial charge on any atom is -0.356 e. The summed E-state index contributed by atoms with van der Waals surface area (Å²) < 4.78 is 0. The average molecular weight is 371 g/mol. The fraction of sp³-hybridized carbons (Fsp3) is 0.545. The van der Waals surface area contributed by atoms with Gasteiger partial charge in [-0.3, -0.25) is 9.79 Å². The third kappa shape index (κ3) is 7.45. The molecule has 148 valence electrons. The second kappa shape index (κ2) is 11.4. The molecule has 0 bridgehead atoms. The van der Waals surface area contributed by atoms with Crippen molar-refractivity contribution in [1.29, 1.82) is 0 Å². The van der Waals surface area contributed by atoms with Crippen molar-refractivity contribution in [3.8, 4) is 0 Å². The summed E-state index contributed by atoms with van der Waals surface area (Å²) in [4.78, 5) is 16.4. The van der Waals surface area contributed by atoms with E-state index in [0.29, 0.717) is 12.1 Å². The maximum atomic E-state index is 12.1. The van der Waals surface area contributed by atoms with Gasteiger partial charge in [-0.05, 0) is 63.1 Å². The number of aliphatic imine (C=N–C) groups is 1. The molecule has 27 heavy (non-hydrogen) atoms. The molecule has 0 fully saturated rings. The van der Waals surface area contributed by atoms with Crippen molar-refractivity contribution >= 4 is 11.9 Å². The molecule has 0 saturated heterocycles. The van der Waals surface area contributed by atoms with E-state index in [9.17, 15) is 4.79 Å². The molecule has 2 rings (SSSR count). The van der Waals surface area contributed by atoms with Crippen LogP contribution in [-0.2, 0) is 6.54 Å². The summed E-state index contributed by atoms with van der Waals surface area (Å²) >= 11 is 0. The Morgan fingerprint density at radius 2 is 1.96 bits per heavy atom. The minimum absolute atomic E-state index is 0.0154. The van der Waals surface area contributed by atoms with Gasteiger partial charge in [-0.2, -0.15) is 0 Å². The summed E-state index contributed by atoms with van der Waals surface area (Å²) in [6.07, 6.45) is 9.53. The molecule has 0 heterocycles. The van der Waals surface area contributed by atoms with E-state index in [1.807, 2.05) is 31.2 Å². The van der Waals surface area contributed by atoms with Crippen LogP contribution in [0.3, 0.4) is 0 Å². The molecule has 1 aromatic rings. The predicted molar refractivity (Wildman–Crippen MR) is 113 cm³/mol. The highest BCUT2D eigenvalue weighted by Crippen LogP contribution is 2.19. The molecule has 1 amide bonds. The second-order valence-corrected chi connectivity index (χ2v) is 7.19. The third-order valence-corrected chi connectivity index (χ3v) is 5.01. The smallest absolute Gasteiger partial charge is 0.251 e. The second-order valence-electron chi connectivity index (χ2n) is 7.19. The van der Waals surface area contributed by atoms with Crippen molar-refractivity contribution in [3.63, 3.8) is 0 Å². The average Bonchev–Trinajstić information content (AvgIpc) is 2.71. The molecular formula is C22H34N4O. The number of carbonyl (C=O) groups is 1. The fourth-order valence-electron chi connectivity index (χ4n) is 3.06. The minimum atomic E-state index is -0.0154. The van der Waals surface area contributed by atoms with Crippen molar-refractivity contribution in [1.82, 2.24) is 16.0 Å². The number of benzene rings is 1. The molecule has 1 aliphatic rings. The molecule has 1 aromatic carbocycles. The van der Waals surface area contributed by atoms with Crippen molar-refractivity contribution < 1.29 is 4.79 Å². The summed E-state index contributed by atoms with van der Waals surface area (Å²) in [7, 11) is 1.79. The largest absolute Gasteiger partial charge is 0.356 e. The molecule has 5 heteroatoms. The van der Waals surface area contributed by atoms with Gasteiger partial charge >= 0.3 is 0 Å². The van der Waals surface area contributed by atoms with Crippen LogP contribution in [0.5, 0.6) is 0 Å². The number of guanidine groups is 1. The Labute approximate surface area is 163 Å². The monoisotopic (exact) mass is 370 g/mol. The molecule has 5 nitrogen and oxygen atoms in total. The Bertz CT molecular complexity index is 649. The van der Waals surface area contributed by atoms with Gasteiger partial charge in [0.1, 0.15) is 0 Å². The first kappa shape index (κ1) is 21.0. The molecule has 0 aromatic heterocycles. The van der Waals surface area contributed by atoms with E-state index >= 15 is 0 Å². The van der Waals surface area contributed by atoms with Crippen LogP contribution in [0.4, 0.5) is 0 Å². The molecule has 1 unspecified atom stereocenters. The van der Waals surface area contributed by atoms with Gasteiger partial charge in [0.2, 0.25) is 0 Å². The number of allylic oxidation sites excluding steroid dienone is 1. The normalized spacial score (nSPS) is 15.7. The molecule has 1 aliphatic carbocycles. The zero-order valence-corrected chi connectivity index (χ0v) is 17.0. The van der Waals surface area contributed by atoms with Crippen LogP contribution in [0.15, 0.2) is 40.9 Å². The van der Waals surface area contributed by atoms with Crippen LogP contribution >= 0.6 is 0 Å². The number of hydrogen-bond donors (Lipinski definition) is 3. The van der Waals surface area contributed by atoms with Crippen LogP contribution in [0.1, 0.15) is 68.3 Å². The summed E-state index contributed by atoms with van der Waals surface area (Å²) in [6.45, 7) is 5.65. The van der Waals surface area contributed by atoms with Crippen LogP contribution in [0.2, 0.25) is 0 Å². The predicted octanol–water partition coefficient (Wildman–Crippen LogP) is 3.77. The topological polar surface area (TPSA) is 65.5 Å². The molecule has 0 radical (unpaired) electrons. The zero-order valence-electron chi connectivity index (χ0n) is 17.0. The Balaban J connectivity index is 1.75. The first-order valence-corrected chi connectivity index (χ1v) is 10.1. The van der Waals surface area contributed by atoms with E-state index in [-0.39, 0.29) is 11.9 Å². The number of amides is 1. The number of hydrogen-bond acceptors (Lipinski definition) is 2. The van der Waals surface area contributed by atoms with E-state index in [1.54, 1.807) is 12.6 Å². The van der Waals surface area contributed by atoms with Gasteiger partial charge in [0.15, 0.2) is 5.96 Å². The highest BCUT2D eigenvalue weighted by molar-refractivity contribution is 5.94. The van der Waals surface area contributed by atoms with Gasteiger partial charge in [0.05, 0.1) is 0 Å². The van der Waals surface area contributed by atoms with Crippen LogP contribution < -0.4 is 16.0 Å². The molecular weight excluding hydrogens is 336 g/mol. The highest BCUT2D eigenvalue weighted by atomic mass is 16.1. The number of nitrogens with zero attached hydrogens (tertiary/aromatic N) is 1. The van der Waals surface area contributed by atoms with E-state index < -0.39 is 0 Å². The maximum Gasteiger partial charge on any atom is 0.251 e. The third-order valence-electron chi connectivity index (χ3n) is 5.01. The summed E-state index contributed by atoms with van der Waals surface area (Å²) in [5, 5.41) is 9.70. The molecule has 0 saturated carbocycles. The molecule has 0 aliphatic heterocycles. The van der Waals surface area contributed by atoms with Crippen LogP contribution in [-0.4, -0.2) is 31.5 Å². The maximum absolute atomic E-state index is 12.1. The van der Waals surface area contributed by atoms with Crippen molar-refractivity contribution in [2.45, 2.75) is 65.0 Å². The Morgan fingerprint density at radius 1 is 1.19 bits per heavy atom. The Kier molecular flexibility index (Phi) is 8.89. The van der Waals surface area contributed by atoms with Crippen molar-refractivity contribution in [3.05, 3.63) is 47.0 Å². The van der Waals surface area contributed by atoms with Crippen molar-refractivity contribution in [2.24, 2.45) is 4.99 Å². The van der Waals surface area contributed by atoms with Gasteiger partial charge in [-0.15, -0.1) is 0 Å². The first-order valence-electron chi connectivity index (χ1n) is 10.1.